The molecule has 0 aliphatic carbocycles. The molecule has 1 aromatic heterocycles. The zero-order valence-electron chi connectivity index (χ0n) is 13.3. The number of fused-ring (bicyclic) bond motifs is 1. The molecule has 122 valence electrons. The van der Waals surface area contributed by atoms with Crippen molar-refractivity contribution >= 4 is 28.4 Å². The van der Waals surface area contributed by atoms with E-state index in [4.69, 9.17) is 11.6 Å². The van der Waals surface area contributed by atoms with Gasteiger partial charge in [0.1, 0.15) is 6.54 Å². The second-order valence-corrected chi connectivity index (χ2v) is 6.71. The molecule has 2 unspecified atom stereocenters. The molecule has 0 saturated carbocycles. The minimum atomic E-state index is -0.211. The van der Waals surface area contributed by atoms with E-state index in [0.717, 1.165) is 19.3 Å². The van der Waals surface area contributed by atoms with E-state index in [2.05, 4.69) is 18.8 Å². The molecule has 23 heavy (non-hydrogen) atoms. The zero-order valence-corrected chi connectivity index (χ0v) is 14.1. The zero-order chi connectivity index (χ0) is 16.6. The number of carbonyl (C=O) groups is 1. The van der Waals surface area contributed by atoms with Gasteiger partial charge in [-0.1, -0.05) is 11.6 Å². The Bertz CT molecular complexity index is 792. The van der Waals surface area contributed by atoms with Gasteiger partial charge < -0.3 is 4.90 Å². The van der Waals surface area contributed by atoms with Crippen molar-refractivity contribution in [3.8, 4) is 0 Å². The summed E-state index contributed by atoms with van der Waals surface area (Å²) >= 11 is 5.92. The van der Waals surface area contributed by atoms with Crippen molar-refractivity contribution in [1.82, 2.24) is 14.5 Å². The fourth-order valence-electron chi connectivity index (χ4n) is 3.38. The normalized spacial score (nSPS) is 21.6. The number of piperidine rings is 1. The smallest absolute Gasteiger partial charge is 0.261 e. The van der Waals surface area contributed by atoms with Crippen LogP contribution in [0, 0.1) is 0 Å². The van der Waals surface area contributed by atoms with E-state index in [1.165, 1.54) is 10.9 Å². The Hall–Kier alpha value is -1.88. The molecule has 1 saturated heterocycles. The van der Waals surface area contributed by atoms with Crippen molar-refractivity contribution in [2.45, 2.75) is 51.7 Å². The first kappa shape index (κ1) is 16.0. The Balaban J connectivity index is 1.89. The highest BCUT2D eigenvalue weighted by Crippen LogP contribution is 2.22. The van der Waals surface area contributed by atoms with E-state index < -0.39 is 0 Å². The number of benzene rings is 1. The lowest BCUT2D eigenvalue weighted by atomic mass is 9.97. The summed E-state index contributed by atoms with van der Waals surface area (Å²) in [6.07, 6.45) is 4.60. The number of rotatable bonds is 2. The average Bonchev–Trinajstić information content (AvgIpc) is 2.50. The van der Waals surface area contributed by atoms with Crippen molar-refractivity contribution in [2.24, 2.45) is 0 Å². The monoisotopic (exact) mass is 333 g/mol. The van der Waals surface area contributed by atoms with Crippen LogP contribution in [0.1, 0.15) is 33.1 Å². The molecule has 3 rings (SSSR count). The Labute approximate surface area is 139 Å². The van der Waals surface area contributed by atoms with Crippen LogP contribution in [0.2, 0.25) is 5.02 Å². The molecule has 2 atom stereocenters. The molecule has 1 aliphatic heterocycles. The first-order valence-electron chi connectivity index (χ1n) is 7.93. The Kier molecular flexibility index (Phi) is 4.39. The Morgan fingerprint density at radius 2 is 2.00 bits per heavy atom. The van der Waals surface area contributed by atoms with Crippen molar-refractivity contribution in [3.63, 3.8) is 0 Å². The number of aromatic nitrogens is 2. The number of likely N-dealkylation sites (tertiary alicyclic amines) is 1. The summed E-state index contributed by atoms with van der Waals surface area (Å²) < 4.78 is 1.38. The highest BCUT2D eigenvalue weighted by Gasteiger charge is 2.29. The SMILES string of the molecule is CC1CCCC(C)N1C(=O)Cn1cnc2cc(Cl)ccc2c1=O. The van der Waals surface area contributed by atoms with Crippen LogP contribution >= 0.6 is 11.6 Å². The van der Waals surface area contributed by atoms with Gasteiger partial charge >= 0.3 is 0 Å². The highest BCUT2D eigenvalue weighted by atomic mass is 35.5. The van der Waals surface area contributed by atoms with E-state index in [0.29, 0.717) is 15.9 Å². The van der Waals surface area contributed by atoms with E-state index in [1.807, 2.05) is 4.90 Å². The number of amides is 1. The molecule has 5 nitrogen and oxygen atoms in total. The number of halogens is 1. The molecule has 2 aromatic rings. The minimum Gasteiger partial charge on any atom is -0.336 e. The molecule has 0 N–H and O–H groups in total. The van der Waals surface area contributed by atoms with Gasteiger partial charge in [0, 0.05) is 17.1 Å². The Morgan fingerprint density at radius 3 is 2.70 bits per heavy atom. The number of nitrogens with zero attached hydrogens (tertiary/aromatic N) is 3. The molecular weight excluding hydrogens is 314 g/mol. The molecule has 1 fully saturated rings. The molecule has 1 amide bonds. The van der Waals surface area contributed by atoms with Gasteiger partial charge in [0.15, 0.2) is 0 Å². The number of hydrogen-bond donors (Lipinski definition) is 0. The van der Waals surface area contributed by atoms with Gasteiger partial charge in [-0.25, -0.2) is 4.98 Å². The van der Waals surface area contributed by atoms with Crippen molar-refractivity contribution in [3.05, 3.63) is 39.9 Å². The Morgan fingerprint density at radius 1 is 1.30 bits per heavy atom. The molecule has 1 aromatic carbocycles. The van der Waals surface area contributed by atoms with E-state index in [-0.39, 0.29) is 30.1 Å². The predicted molar refractivity (Wildman–Crippen MR) is 90.6 cm³/mol. The molecule has 0 bridgehead atoms. The van der Waals surface area contributed by atoms with Crippen molar-refractivity contribution in [2.75, 3.05) is 0 Å². The summed E-state index contributed by atoms with van der Waals surface area (Å²) in [5, 5.41) is 1.01. The third-order valence-electron chi connectivity index (χ3n) is 4.57. The van der Waals surface area contributed by atoms with Crippen LogP contribution in [0.3, 0.4) is 0 Å². The summed E-state index contributed by atoms with van der Waals surface area (Å²) in [5.41, 5.74) is 0.336. The van der Waals surface area contributed by atoms with E-state index >= 15 is 0 Å². The number of carbonyl (C=O) groups excluding carboxylic acids is 1. The quantitative estimate of drug-likeness (QED) is 0.849. The molecule has 1 aliphatic rings. The molecule has 0 spiro atoms. The molecular formula is C17H20ClN3O2. The average molecular weight is 334 g/mol. The van der Waals surface area contributed by atoms with E-state index in [9.17, 15) is 9.59 Å². The fraction of sp³-hybridized carbons (Fsp3) is 0.471. The molecule has 6 heteroatoms. The molecule has 0 radical (unpaired) electrons. The van der Waals surface area contributed by atoms with Crippen LogP contribution in [0.25, 0.3) is 10.9 Å². The predicted octanol–water partition coefficient (Wildman–Crippen LogP) is 2.84. The van der Waals surface area contributed by atoms with Gasteiger partial charge in [-0.05, 0) is 51.3 Å². The minimum absolute atomic E-state index is 0.0260. The van der Waals surface area contributed by atoms with Crippen LogP contribution in [-0.2, 0) is 11.3 Å². The lowest BCUT2D eigenvalue weighted by Gasteiger charge is -2.39. The lowest BCUT2D eigenvalue weighted by molar-refractivity contribution is -0.138. The van der Waals surface area contributed by atoms with Crippen molar-refractivity contribution < 1.29 is 4.79 Å². The maximum absolute atomic E-state index is 12.6. The van der Waals surface area contributed by atoms with Gasteiger partial charge in [0.05, 0.1) is 17.2 Å². The number of hydrogen-bond acceptors (Lipinski definition) is 3. The second kappa shape index (κ2) is 6.32. The lowest BCUT2D eigenvalue weighted by Crippen LogP contribution is -2.49. The highest BCUT2D eigenvalue weighted by molar-refractivity contribution is 6.31. The first-order valence-corrected chi connectivity index (χ1v) is 8.31. The summed E-state index contributed by atoms with van der Waals surface area (Å²) in [4.78, 5) is 31.3. The second-order valence-electron chi connectivity index (χ2n) is 6.27. The maximum atomic E-state index is 12.6. The van der Waals surface area contributed by atoms with Crippen LogP contribution in [-0.4, -0.2) is 32.4 Å². The molecule has 2 heterocycles. The summed E-state index contributed by atoms with van der Waals surface area (Å²) in [5.74, 6) is -0.0260. The van der Waals surface area contributed by atoms with Crippen LogP contribution < -0.4 is 5.56 Å². The maximum Gasteiger partial charge on any atom is 0.261 e. The van der Waals surface area contributed by atoms with Gasteiger partial charge in [0.25, 0.3) is 5.56 Å². The van der Waals surface area contributed by atoms with Crippen LogP contribution in [0.15, 0.2) is 29.3 Å². The largest absolute Gasteiger partial charge is 0.336 e. The fourth-order valence-corrected chi connectivity index (χ4v) is 3.55. The van der Waals surface area contributed by atoms with Crippen LogP contribution in [0.4, 0.5) is 0 Å². The first-order chi connectivity index (χ1) is 11.0. The van der Waals surface area contributed by atoms with Gasteiger partial charge in [0.2, 0.25) is 5.91 Å². The standard InChI is InChI=1S/C17H20ClN3O2/c1-11-4-3-5-12(2)21(11)16(22)9-20-10-19-15-8-13(18)6-7-14(15)17(20)23/h6-8,10-12H,3-5,9H2,1-2H3. The van der Waals surface area contributed by atoms with Crippen molar-refractivity contribution in [1.29, 1.82) is 0 Å². The topological polar surface area (TPSA) is 55.2 Å². The summed E-state index contributed by atoms with van der Waals surface area (Å²) in [6.45, 7) is 4.16. The third kappa shape index (κ3) is 3.11. The van der Waals surface area contributed by atoms with Gasteiger partial charge in [-0.2, -0.15) is 0 Å². The van der Waals surface area contributed by atoms with Gasteiger partial charge in [-0.15, -0.1) is 0 Å². The summed E-state index contributed by atoms with van der Waals surface area (Å²) in [7, 11) is 0. The van der Waals surface area contributed by atoms with Crippen LogP contribution in [0.5, 0.6) is 0 Å². The summed E-state index contributed by atoms with van der Waals surface area (Å²) in [6, 6.07) is 5.40. The third-order valence-corrected chi connectivity index (χ3v) is 4.81. The van der Waals surface area contributed by atoms with E-state index in [1.54, 1.807) is 18.2 Å². The van der Waals surface area contributed by atoms with Gasteiger partial charge in [-0.3, -0.25) is 14.2 Å².